The number of halogens is 1. The molecule has 1 rings (SSSR count). The van der Waals surface area contributed by atoms with Gasteiger partial charge in [-0.1, -0.05) is 42.5 Å². The van der Waals surface area contributed by atoms with Gasteiger partial charge in [-0.2, -0.15) is 0 Å². The first-order valence-electron chi connectivity index (χ1n) is 10.3. The number of carboxylic acids is 1. The minimum absolute atomic E-state index is 0.0367. The molecule has 1 heterocycles. The fourth-order valence-electron chi connectivity index (χ4n) is 2.69. The Morgan fingerprint density at radius 3 is 2.62 bits per heavy atom. The third-order valence-corrected chi connectivity index (χ3v) is 5.43. The Morgan fingerprint density at radius 2 is 2.06 bits per heavy atom. The van der Waals surface area contributed by atoms with Gasteiger partial charge < -0.3 is 20.3 Å². The van der Waals surface area contributed by atoms with Crippen molar-refractivity contribution in [3.8, 4) is 0 Å². The average molecular weight is 461 g/mol. The molecule has 32 heavy (non-hydrogen) atoms. The van der Waals surface area contributed by atoms with E-state index in [9.17, 15) is 15.0 Å². The zero-order valence-corrected chi connectivity index (χ0v) is 19.9. The molecule has 0 amide bonds. The number of hydrogen-bond donors (Lipinski definition) is 3. The molecular formula is C25H33ClN2O4. The van der Waals surface area contributed by atoms with Crippen LogP contribution < -0.4 is 5.32 Å². The highest BCUT2D eigenvalue weighted by Gasteiger charge is 2.18. The number of ether oxygens (including phenoxy) is 1. The van der Waals surface area contributed by atoms with Crippen molar-refractivity contribution in [2.24, 2.45) is 10.9 Å². The summed E-state index contributed by atoms with van der Waals surface area (Å²) in [7, 11) is 0. The fraction of sp³-hybridized carbons (Fsp3) is 0.360. The summed E-state index contributed by atoms with van der Waals surface area (Å²) in [5.41, 5.74) is 1.50. The maximum absolute atomic E-state index is 11.3. The van der Waals surface area contributed by atoms with Gasteiger partial charge in [-0.05, 0) is 63.0 Å². The van der Waals surface area contributed by atoms with Gasteiger partial charge in [0.2, 0.25) is 0 Å². The van der Waals surface area contributed by atoms with Crippen molar-refractivity contribution in [1.82, 2.24) is 5.32 Å². The highest BCUT2D eigenvalue weighted by Crippen LogP contribution is 2.28. The lowest BCUT2D eigenvalue weighted by atomic mass is 9.91. The molecule has 0 aromatic heterocycles. The molecule has 0 aliphatic carbocycles. The molecule has 1 atom stereocenters. The molecule has 0 aromatic carbocycles. The Labute approximate surface area is 195 Å². The van der Waals surface area contributed by atoms with E-state index in [2.05, 4.69) is 23.5 Å². The molecule has 0 saturated heterocycles. The van der Waals surface area contributed by atoms with Crippen LogP contribution in [0.3, 0.4) is 0 Å². The SMILES string of the molecule is C=C/C(C)=C(\C=C\OC1=NC/C=C(Cl)\C(C(C=C)C/C=C(\C)C(C)(C)O)=C/CN1)C(=O)O. The van der Waals surface area contributed by atoms with Crippen LogP contribution in [0.15, 0.2) is 88.2 Å². The zero-order chi connectivity index (χ0) is 24.3. The number of nitrogens with zero attached hydrogens (tertiary/aromatic N) is 1. The van der Waals surface area contributed by atoms with Crippen molar-refractivity contribution in [2.75, 3.05) is 13.1 Å². The van der Waals surface area contributed by atoms with E-state index in [1.54, 1.807) is 26.8 Å². The molecule has 3 N–H and O–H groups in total. The number of carbonyl (C=O) groups is 1. The number of aliphatic imine (C=N–C) groups is 1. The molecule has 1 unspecified atom stereocenters. The van der Waals surface area contributed by atoms with Crippen LogP contribution in [0.2, 0.25) is 0 Å². The zero-order valence-electron chi connectivity index (χ0n) is 19.2. The minimum atomic E-state index is -1.07. The smallest absolute Gasteiger partial charge is 0.336 e. The van der Waals surface area contributed by atoms with Gasteiger partial charge in [0.15, 0.2) is 0 Å². The van der Waals surface area contributed by atoms with Crippen LogP contribution in [-0.4, -0.2) is 40.9 Å². The monoisotopic (exact) mass is 460 g/mol. The quantitative estimate of drug-likeness (QED) is 0.194. The first kappa shape index (κ1) is 27.2. The van der Waals surface area contributed by atoms with Crippen LogP contribution in [0.25, 0.3) is 0 Å². The van der Waals surface area contributed by atoms with Crippen LogP contribution >= 0.6 is 11.6 Å². The third-order valence-electron chi connectivity index (χ3n) is 5.06. The van der Waals surface area contributed by atoms with E-state index in [1.807, 2.05) is 25.2 Å². The minimum Gasteiger partial charge on any atom is -0.478 e. The molecule has 0 bridgehead atoms. The van der Waals surface area contributed by atoms with Gasteiger partial charge in [0.1, 0.15) is 0 Å². The lowest BCUT2D eigenvalue weighted by molar-refractivity contribution is -0.132. The summed E-state index contributed by atoms with van der Waals surface area (Å²) in [5.74, 6) is -1.11. The molecule has 174 valence electrons. The molecule has 0 saturated carbocycles. The molecule has 0 fully saturated rings. The van der Waals surface area contributed by atoms with Crippen molar-refractivity contribution >= 4 is 23.6 Å². The third kappa shape index (κ3) is 8.73. The van der Waals surface area contributed by atoms with E-state index in [0.717, 1.165) is 11.1 Å². The van der Waals surface area contributed by atoms with Crippen molar-refractivity contribution in [1.29, 1.82) is 0 Å². The molecule has 7 heteroatoms. The summed E-state index contributed by atoms with van der Waals surface area (Å²) < 4.78 is 5.49. The molecule has 1 aliphatic heterocycles. The first-order chi connectivity index (χ1) is 15.0. The van der Waals surface area contributed by atoms with Crippen LogP contribution in [0.1, 0.15) is 34.1 Å². The summed E-state index contributed by atoms with van der Waals surface area (Å²) in [4.78, 5) is 15.6. The maximum Gasteiger partial charge on any atom is 0.336 e. The second-order valence-corrected chi connectivity index (χ2v) is 8.20. The van der Waals surface area contributed by atoms with Gasteiger partial charge >= 0.3 is 5.97 Å². The average Bonchev–Trinajstić information content (AvgIpc) is 2.81. The number of aliphatic carboxylic acids is 1. The second-order valence-electron chi connectivity index (χ2n) is 7.79. The van der Waals surface area contributed by atoms with E-state index in [-0.39, 0.29) is 24.1 Å². The predicted octanol–water partition coefficient (Wildman–Crippen LogP) is 5.02. The van der Waals surface area contributed by atoms with E-state index < -0.39 is 11.6 Å². The van der Waals surface area contributed by atoms with Gasteiger partial charge in [0.25, 0.3) is 6.02 Å². The maximum atomic E-state index is 11.3. The summed E-state index contributed by atoms with van der Waals surface area (Å²) in [6.07, 6.45) is 12.3. The standard InChI is InChI=1S/C25H33ClN2O4/c1-7-17(3)20(23(29)30)13-16-32-24-27-14-11-21(22(26)12-15-28-24)19(8-2)10-9-18(4)25(5,6)31/h7-9,11-13,16,19,31H,1-2,10,14-15H2,3-6H3,(H,27,28)(H,29,30)/b16-13+,18-9+,20-17+,21-11-,22-12+. The fourth-order valence-corrected chi connectivity index (χ4v) is 2.97. The Morgan fingerprint density at radius 1 is 1.38 bits per heavy atom. The summed E-state index contributed by atoms with van der Waals surface area (Å²) in [6, 6.07) is 0.244. The van der Waals surface area contributed by atoms with Crippen molar-refractivity contribution < 1.29 is 19.7 Å². The molecule has 1 aliphatic rings. The molecule has 0 spiro atoms. The van der Waals surface area contributed by atoms with Crippen LogP contribution in [0, 0.1) is 5.92 Å². The van der Waals surface area contributed by atoms with Crippen LogP contribution in [-0.2, 0) is 9.53 Å². The Balaban J connectivity index is 2.96. The van der Waals surface area contributed by atoms with Gasteiger partial charge in [-0.25, -0.2) is 9.79 Å². The van der Waals surface area contributed by atoms with Crippen LogP contribution in [0.5, 0.6) is 0 Å². The van der Waals surface area contributed by atoms with Crippen molar-refractivity contribution in [3.05, 3.63) is 83.2 Å². The highest BCUT2D eigenvalue weighted by atomic mass is 35.5. The summed E-state index contributed by atoms with van der Waals surface area (Å²) in [6.45, 7) is 15.2. The topological polar surface area (TPSA) is 91.2 Å². The number of nitrogens with one attached hydrogen (secondary N) is 1. The summed E-state index contributed by atoms with van der Waals surface area (Å²) in [5, 5.41) is 23.0. The molecular weight excluding hydrogens is 428 g/mol. The lowest BCUT2D eigenvalue weighted by Gasteiger charge is -2.20. The Kier molecular flexibility index (Phi) is 11.0. The number of hydrogen-bond acceptors (Lipinski definition) is 5. The van der Waals surface area contributed by atoms with Crippen molar-refractivity contribution in [2.45, 2.75) is 39.7 Å². The second kappa shape index (κ2) is 12.9. The number of amidine groups is 1. The van der Waals surface area contributed by atoms with E-state index in [1.165, 1.54) is 18.4 Å². The highest BCUT2D eigenvalue weighted by molar-refractivity contribution is 6.32. The van der Waals surface area contributed by atoms with Gasteiger partial charge in [-0.3, -0.25) is 0 Å². The number of allylic oxidation sites excluding steroid dienone is 6. The molecule has 6 nitrogen and oxygen atoms in total. The van der Waals surface area contributed by atoms with Gasteiger partial charge in [0.05, 0.1) is 24.0 Å². The molecule has 0 radical (unpaired) electrons. The van der Waals surface area contributed by atoms with Gasteiger partial charge in [0, 0.05) is 17.5 Å². The van der Waals surface area contributed by atoms with E-state index in [4.69, 9.17) is 16.3 Å². The van der Waals surface area contributed by atoms with E-state index in [0.29, 0.717) is 23.6 Å². The van der Waals surface area contributed by atoms with Crippen molar-refractivity contribution in [3.63, 3.8) is 0 Å². The Hall–Kier alpha value is -2.83. The molecule has 0 aromatic rings. The predicted molar refractivity (Wildman–Crippen MR) is 131 cm³/mol. The number of rotatable bonds is 9. The first-order valence-corrected chi connectivity index (χ1v) is 10.6. The number of aliphatic hydroxyl groups is 1. The normalized spacial score (nSPS) is 20.7. The van der Waals surface area contributed by atoms with E-state index >= 15 is 0 Å². The van der Waals surface area contributed by atoms with Crippen LogP contribution in [0.4, 0.5) is 0 Å². The largest absolute Gasteiger partial charge is 0.478 e. The van der Waals surface area contributed by atoms with Gasteiger partial charge in [-0.15, -0.1) is 6.58 Å². The summed E-state index contributed by atoms with van der Waals surface area (Å²) >= 11 is 6.53. The number of carboxylic acid groups (broad SMARTS) is 1. The lowest BCUT2D eigenvalue weighted by Crippen LogP contribution is -2.25. The Bertz CT molecular complexity index is 899.